The number of hydrogen-bond donors (Lipinski definition) is 1. The van der Waals surface area contributed by atoms with Crippen LogP contribution < -0.4 is 9.62 Å². The zero-order valence-corrected chi connectivity index (χ0v) is 24.9. The number of anilines is 1. The van der Waals surface area contributed by atoms with Crippen LogP contribution in [0, 0.1) is 6.92 Å². The van der Waals surface area contributed by atoms with Crippen LogP contribution >= 0.6 is 34.8 Å². The first-order valence-electron chi connectivity index (χ1n) is 12.2. The molecule has 3 aromatic rings. The van der Waals surface area contributed by atoms with E-state index in [0.29, 0.717) is 27.2 Å². The highest BCUT2D eigenvalue weighted by atomic mass is 35.5. The summed E-state index contributed by atoms with van der Waals surface area (Å²) in [5.41, 5.74) is 2.26. The lowest BCUT2D eigenvalue weighted by Crippen LogP contribution is -2.53. The van der Waals surface area contributed by atoms with E-state index < -0.39 is 28.5 Å². The Bertz CT molecular complexity index is 1410. The number of rotatable bonds is 11. The predicted octanol–water partition coefficient (Wildman–Crippen LogP) is 5.50. The molecular weight excluding hydrogens is 581 g/mol. The highest BCUT2D eigenvalue weighted by Gasteiger charge is 2.33. The summed E-state index contributed by atoms with van der Waals surface area (Å²) in [4.78, 5) is 28.7. The van der Waals surface area contributed by atoms with Gasteiger partial charge in [0.1, 0.15) is 12.6 Å². The number of aryl methyl sites for hydroxylation is 1. The van der Waals surface area contributed by atoms with Crippen molar-refractivity contribution in [1.82, 2.24) is 10.2 Å². The van der Waals surface area contributed by atoms with E-state index in [4.69, 9.17) is 34.8 Å². The summed E-state index contributed by atoms with van der Waals surface area (Å²) in [6.07, 6.45) is 1.20. The van der Waals surface area contributed by atoms with Crippen molar-refractivity contribution >= 4 is 62.3 Å². The molecule has 0 fully saturated rings. The van der Waals surface area contributed by atoms with Gasteiger partial charge >= 0.3 is 0 Å². The van der Waals surface area contributed by atoms with Gasteiger partial charge in [0.15, 0.2) is 0 Å². The van der Waals surface area contributed by atoms with E-state index in [0.717, 1.165) is 21.7 Å². The molecule has 208 valence electrons. The van der Waals surface area contributed by atoms with Crippen LogP contribution in [0.5, 0.6) is 0 Å². The maximum atomic E-state index is 14.0. The Morgan fingerprint density at radius 1 is 0.923 bits per heavy atom. The van der Waals surface area contributed by atoms with Crippen molar-refractivity contribution in [3.8, 4) is 0 Å². The predicted molar refractivity (Wildman–Crippen MR) is 158 cm³/mol. The fraction of sp³-hybridized carbons (Fsp3) is 0.286. The smallest absolute Gasteiger partial charge is 0.244 e. The molecular formula is C28H30Cl3N3O4S. The molecule has 2 amide bonds. The first-order chi connectivity index (χ1) is 18.4. The van der Waals surface area contributed by atoms with E-state index >= 15 is 0 Å². The normalized spacial score (nSPS) is 12.1. The van der Waals surface area contributed by atoms with Crippen LogP contribution in [-0.4, -0.2) is 50.5 Å². The number of carbonyl (C=O) groups excluding carboxylic acids is 2. The van der Waals surface area contributed by atoms with Crippen LogP contribution in [0.2, 0.25) is 15.1 Å². The standard InChI is InChI=1S/C28H30Cl3N3O4S/c1-4-32-28(36)26(15-20-9-6-5-7-10-20)33(17-22-23(29)11-8-12-24(22)30)27(35)18-34(39(3,37)38)21-14-13-19(2)25(31)16-21/h5-14,16,26H,4,15,17-18H2,1-3H3,(H,32,36). The second kappa shape index (κ2) is 13.5. The lowest BCUT2D eigenvalue weighted by molar-refractivity contribution is -0.140. The van der Waals surface area contributed by atoms with Gasteiger partial charge in [-0.15, -0.1) is 0 Å². The lowest BCUT2D eigenvalue weighted by Gasteiger charge is -2.34. The molecule has 0 aromatic heterocycles. The highest BCUT2D eigenvalue weighted by molar-refractivity contribution is 7.92. The molecule has 0 aliphatic carbocycles. The summed E-state index contributed by atoms with van der Waals surface area (Å²) in [5, 5.41) is 3.79. The summed E-state index contributed by atoms with van der Waals surface area (Å²) < 4.78 is 26.7. The van der Waals surface area contributed by atoms with Crippen molar-refractivity contribution in [3.63, 3.8) is 0 Å². The minimum atomic E-state index is -3.91. The molecule has 11 heteroatoms. The van der Waals surface area contributed by atoms with Gasteiger partial charge < -0.3 is 10.2 Å². The van der Waals surface area contributed by atoms with Crippen LogP contribution in [-0.2, 0) is 32.6 Å². The van der Waals surface area contributed by atoms with E-state index in [2.05, 4.69) is 5.32 Å². The molecule has 0 bridgehead atoms. The molecule has 1 unspecified atom stereocenters. The monoisotopic (exact) mass is 609 g/mol. The van der Waals surface area contributed by atoms with Gasteiger partial charge in [-0.05, 0) is 49.2 Å². The Labute approximate surface area is 244 Å². The Morgan fingerprint density at radius 3 is 2.13 bits per heavy atom. The lowest BCUT2D eigenvalue weighted by atomic mass is 10.0. The Hall–Kier alpha value is -2.78. The van der Waals surface area contributed by atoms with Crippen molar-refractivity contribution in [2.45, 2.75) is 32.9 Å². The van der Waals surface area contributed by atoms with Gasteiger partial charge in [-0.2, -0.15) is 0 Å². The SMILES string of the molecule is CCNC(=O)C(Cc1ccccc1)N(Cc1c(Cl)cccc1Cl)C(=O)CN(c1ccc(C)c(Cl)c1)S(C)(=O)=O. The van der Waals surface area contributed by atoms with Gasteiger partial charge in [-0.1, -0.05) is 77.3 Å². The fourth-order valence-electron chi connectivity index (χ4n) is 4.05. The summed E-state index contributed by atoms with van der Waals surface area (Å²) in [6, 6.07) is 18.0. The molecule has 3 aromatic carbocycles. The molecule has 0 heterocycles. The molecule has 1 atom stereocenters. The zero-order valence-electron chi connectivity index (χ0n) is 21.8. The number of hydrogen-bond acceptors (Lipinski definition) is 4. The molecule has 0 saturated heterocycles. The maximum Gasteiger partial charge on any atom is 0.244 e. The van der Waals surface area contributed by atoms with Crippen LogP contribution in [0.25, 0.3) is 0 Å². The fourth-order valence-corrected chi connectivity index (χ4v) is 5.58. The third-order valence-corrected chi connectivity index (χ3v) is 8.39. The quantitative estimate of drug-likeness (QED) is 0.311. The van der Waals surface area contributed by atoms with Crippen LogP contribution in [0.15, 0.2) is 66.7 Å². The zero-order chi connectivity index (χ0) is 28.7. The van der Waals surface area contributed by atoms with Crippen molar-refractivity contribution in [2.24, 2.45) is 0 Å². The molecule has 0 spiro atoms. The summed E-state index contributed by atoms with van der Waals surface area (Å²) >= 11 is 19.2. The van der Waals surface area contributed by atoms with Crippen molar-refractivity contribution in [2.75, 3.05) is 23.7 Å². The Morgan fingerprint density at radius 2 is 1.56 bits per heavy atom. The molecule has 0 aliphatic rings. The van der Waals surface area contributed by atoms with E-state index in [-0.39, 0.29) is 24.6 Å². The Kier molecular flexibility index (Phi) is 10.7. The summed E-state index contributed by atoms with van der Waals surface area (Å²) in [7, 11) is -3.91. The van der Waals surface area contributed by atoms with E-state index in [1.165, 1.54) is 11.0 Å². The van der Waals surface area contributed by atoms with Gasteiger partial charge in [0.25, 0.3) is 0 Å². The molecule has 0 radical (unpaired) electrons. The third-order valence-electron chi connectivity index (χ3n) is 6.13. The molecule has 0 aliphatic heterocycles. The van der Waals surface area contributed by atoms with Gasteiger partial charge in [0.2, 0.25) is 21.8 Å². The second-order valence-corrected chi connectivity index (χ2v) is 12.2. The minimum Gasteiger partial charge on any atom is -0.355 e. The molecule has 7 nitrogen and oxygen atoms in total. The molecule has 3 rings (SSSR count). The number of nitrogens with zero attached hydrogens (tertiary/aromatic N) is 2. The minimum absolute atomic E-state index is 0.113. The van der Waals surface area contributed by atoms with Gasteiger partial charge in [-0.25, -0.2) is 8.42 Å². The van der Waals surface area contributed by atoms with E-state index in [9.17, 15) is 18.0 Å². The average molecular weight is 611 g/mol. The number of sulfonamides is 1. The van der Waals surface area contributed by atoms with Crippen LogP contribution in [0.1, 0.15) is 23.6 Å². The Balaban J connectivity index is 2.09. The number of amides is 2. The van der Waals surface area contributed by atoms with E-state index in [1.807, 2.05) is 30.3 Å². The number of nitrogens with one attached hydrogen (secondary N) is 1. The average Bonchev–Trinajstić information content (AvgIpc) is 2.88. The number of halogens is 3. The number of carbonyl (C=O) groups is 2. The molecule has 0 saturated carbocycles. The third kappa shape index (κ3) is 8.11. The number of benzene rings is 3. The van der Waals surface area contributed by atoms with Gasteiger partial charge in [0, 0.05) is 40.1 Å². The van der Waals surface area contributed by atoms with Crippen molar-refractivity contribution in [1.29, 1.82) is 0 Å². The second-order valence-electron chi connectivity index (χ2n) is 9.03. The largest absolute Gasteiger partial charge is 0.355 e. The van der Waals surface area contributed by atoms with Gasteiger partial charge in [-0.3, -0.25) is 13.9 Å². The summed E-state index contributed by atoms with van der Waals surface area (Å²) in [5.74, 6) is -0.998. The first kappa shape index (κ1) is 30.8. The van der Waals surface area contributed by atoms with Crippen LogP contribution in [0.3, 0.4) is 0 Å². The first-order valence-corrected chi connectivity index (χ1v) is 15.2. The topological polar surface area (TPSA) is 86.8 Å². The van der Waals surface area contributed by atoms with Crippen molar-refractivity contribution in [3.05, 3.63) is 98.5 Å². The highest BCUT2D eigenvalue weighted by Crippen LogP contribution is 2.29. The molecule has 39 heavy (non-hydrogen) atoms. The van der Waals surface area contributed by atoms with Crippen molar-refractivity contribution < 1.29 is 18.0 Å². The number of likely N-dealkylation sites (N-methyl/N-ethyl adjacent to an activating group) is 1. The molecule has 1 N–H and O–H groups in total. The van der Waals surface area contributed by atoms with E-state index in [1.54, 1.807) is 44.2 Å². The maximum absolute atomic E-state index is 14.0. The summed E-state index contributed by atoms with van der Waals surface area (Å²) in [6.45, 7) is 3.23. The van der Waals surface area contributed by atoms with Gasteiger partial charge in [0.05, 0.1) is 11.9 Å². The van der Waals surface area contributed by atoms with Crippen LogP contribution in [0.4, 0.5) is 5.69 Å².